The van der Waals surface area contributed by atoms with Crippen molar-refractivity contribution in [2.75, 3.05) is 13.1 Å². The van der Waals surface area contributed by atoms with E-state index in [2.05, 4.69) is 31.0 Å². The summed E-state index contributed by atoms with van der Waals surface area (Å²) >= 11 is 0. The summed E-state index contributed by atoms with van der Waals surface area (Å²) in [6, 6.07) is 1.19. The van der Waals surface area contributed by atoms with Crippen molar-refractivity contribution >= 4 is 5.91 Å². The zero-order chi connectivity index (χ0) is 13.2. The number of hydrogen-bond acceptors (Lipinski definition) is 2. The highest BCUT2D eigenvalue weighted by molar-refractivity contribution is 5.76. The first-order valence-electron chi connectivity index (χ1n) is 7.47. The summed E-state index contributed by atoms with van der Waals surface area (Å²) in [6.45, 7) is 8.59. The van der Waals surface area contributed by atoms with E-state index >= 15 is 0 Å². The monoisotopic (exact) mass is 252 g/mol. The van der Waals surface area contributed by atoms with E-state index in [9.17, 15) is 4.79 Å². The van der Waals surface area contributed by atoms with Crippen molar-refractivity contribution in [3.05, 3.63) is 0 Å². The number of carbonyl (C=O) groups is 1. The minimum absolute atomic E-state index is 0.0911. The van der Waals surface area contributed by atoms with E-state index in [1.165, 1.54) is 32.2 Å². The zero-order valence-electron chi connectivity index (χ0n) is 12.2. The molecule has 1 aliphatic heterocycles. The van der Waals surface area contributed by atoms with E-state index in [-0.39, 0.29) is 11.3 Å². The van der Waals surface area contributed by atoms with Gasteiger partial charge in [0.2, 0.25) is 5.91 Å². The Hall–Kier alpha value is -0.570. The van der Waals surface area contributed by atoms with Gasteiger partial charge in [-0.15, -0.1) is 0 Å². The molecule has 0 aromatic carbocycles. The average Bonchev–Trinajstić information content (AvgIpc) is 2.82. The number of carbonyl (C=O) groups excluding carboxylic acids is 1. The van der Waals surface area contributed by atoms with Crippen LogP contribution in [0.4, 0.5) is 0 Å². The Balaban J connectivity index is 1.73. The molecule has 1 atom stereocenters. The summed E-state index contributed by atoms with van der Waals surface area (Å²) in [6.07, 6.45) is 7.27. The van der Waals surface area contributed by atoms with Gasteiger partial charge in [-0.25, -0.2) is 0 Å². The van der Waals surface area contributed by atoms with Gasteiger partial charge in [0.15, 0.2) is 0 Å². The first-order chi connectivity index (χ1) is 8.44. The lowest BCUT2D eigenvalue weighted by molar-refractivity contribution is -0.123. The molecule has 1 saturated carbocycles. The Bertz CT molecular complexity index is 289. The van der Waals surface area contributed by atoms with Crippen LogP contribution in [0.1, 0.15) is 59.3 Å². The molecule has 0 radical (unpaired) electrons. The Labute approximate surface area is 111 Å². The van der Waals surface area contributed by atoms with Crippen LogP contribution in [0.3, 0.4) is 0 Å². The second-order valence-corrected chi connectivity index (χ2v) is 7.22. The molecule has 0 aromatic heterocycles. The van der Waals surface area contributed by atoms with Crippen molar-refractivity contribution in [1.29, 1.82) is 0 Å². The van der Waals surface area contributed by atoms with Crippen LogP contribution in [0, 0.1) is 5.41 Å². The minimum Gasteiger partial charge on any atom is -0.352 e. The molecular formula is C15H28N2O. The third-order valence-electron chi connectivity index (χ3n) is 4.12. The Morgan fingerprint density at radius 1 is 1.22 bits per heavy atom. The van der Waals surface area contributed by atoms with Crippen LogP contribution in [0.2, 0.25) is 0 Å². The highest BCUT2D eigenvalue weighted by Gasteiger charge is 2.30. The van der Waals surface area contributed by atoms with Gasteiger partial charge in [0.05, 0.1) is 0 Å². The molecule has 0 bridgehead atoms. The number of amides is 1. The molecule has 3 heteroatoms. The van der Waals surface area contributed by atoms with Crippen LogP contribution in [-0.4, -0.2) is 36.0 Å². The fourth-order valence-corrected chi connectivity index (χ4v) is 3.27. The van der Waals surface area contributed by atoms with E-state index in [1.807, 2.05) is 0 Å². The van der Waals surface area contributed by atoms with Crippen LogP contribution in [0.15, 0.2) is 0 Å². The molecule has 0 spiro atoms. The van der Waals surface area contributed by atoms with E-state index in [1.54, 1.807) is 0 Å². The van der Waals surface area contributed by atoms with Crippen molar-refractivity contribution in [2.45, 2.75) is 71.4 Å². The standard InChI is InChI=1S/C15H28N2O/c1-15(2,3)10-14(18)16-12-8-9-17(11-12)13-6-4-5-7-13/h12-13H,4-11H2,1-3H3,(H,16,18). The first-order valence-corrected chi connectivity index (χ1v) is 7.47. The van der Waals surface area contributed by atoms with Gasteiger partial charge in [-0.3, -0.25) is 9.69 Å². The predicted molar refractivity (Wildman–Crippen MR) is 74.4 cm³/mol. The maximum atomic E-state index is 11.9. The van der Waals surface area contributed by atoms with Gasteiger partial charge in [0.25, 0.3) is 0 Å². The normalized spacial score (nSPS) is 26.7. The molecule has 2 aliphatic rings. The Morgan fingerprint density at radius 3 is 2.50 bits per heavy atom. The van der Waals surface area contributed by atoms with Crippen molar-refractivity contribution in [3.8, 4) is 0 Å². The summed E-state index contributed by atoms with van der Waals surface area (Å²) < 4.78 is 0. The summed E-state index contributed by atoms with van der Waals surface area (Å²) in [7, 11) is 0. The number of rotatable bonds is 3. The lowest BCUT2D eigenvalue weighted by Gasteiger charge is -2.24. The van der Waals surface area contributed by atoms with Crippen molar-refractivity contribution < 1.29 is 4.79 Å². The number of hydrogen-bond donors (Lipinski definition) is 1. The highest BCUT2D eigenvalue weighted by atomic mass is 16.1. The van der Waals surface area contributed by atoms with E-state index in [0.29, 0.717) is 12.5 Å². The molecule has 2 fully saturated rings. The molecule has 104 valence electrons. The first kappa shape index (κ1) is 13.9. The summed E-state index contributed by atoms with van der Waals surface area (Å²) in [5.74, 6) is 0.223. The molecule has 1 amide bonds. The van der Waals surface area contributed by atoms with Crippen molar-refractivity contribution in [3.63, 3.8) is 0 Å². The largest absolute Gasteiger partial charge is 0.352 e. The van der Waals surface area contributed by atoms with Crippen LogP contribution >= 0.6 is 0 Å². The quantitative estimate of drug-likeness (QED) is 0.837. The average molecular weight is 252 g/mol. The third-order valence-corrected chi connectivity index (χ3v) is 4.12. The summed E-state index contributed by atoms with van der Waals surface area (Å²) in [4.78, 5) is 14.5. The zero-order valence-corrected chi connectivity index (χ0v) is 12.2. The molecule has 2 rings (SSSR count). The van der Waals surface area contributed by atoms with Gasteiger partial charge in [-0.2, -0.15) is 0 Å². The molecule has 1 unspecified atom stereocenters. The van der Waals surface area contributed by atoms with E-state index < -0.39 is 0 Å². The summed E-state index contributed by atoms with van der Waals surface area (Å²) in [5.41, 5.74) is 0.0911. The number of nitrogens with zero attached hydrogens (tertiary/aromatic N) is 1. The molecule has 1 saturated heterocycles. The van der Waals surface area contributed by atoms with Crippen molar-refractivity contribution in [1.82, 2.24) is 10.2 Å². The number of nitrogens with one attached hydrogen (secondary N) is 1. The molecular weight excluding hydrogens is 224 g/mol. The second kappa shape index (κ2) is 5.60. The summed E-state index contributed by atoms with van der Waals surface area (Å²) in [5, 5.41) is 3.21. The maximum Gasteiger partial charge on any atom is 0.220 e. The smallest absolute Gasteiger partial charge is 0.220 e. The minimum atomic E-state index is 0.0911. The lowest BCUT2D eigenvalue weighted by atomic mass is 9.92. The van der Waals surface area contributed by atoms with Gasteiger partial charge < -0.3 is 5.32 Å². The Morgan fingerprint density at radius 2 is 1.89 bits per heavy atom. The molecule has 1 aliphatic carbocycles. The fraction of sp³-hybridized carbons (Fsp3) is 0.933. The van der Waals surface area contributed by atoms with Crippen LogP contribution < -0.4 is 5.32 Å². The lowest BCUT2D eigenvalue weighted by Crippen LogP contribution is -2.40. The van der Waals surface area contributed by atoms with Crippen molar-refractivity contribution in [2.24, 2.45) is 5.41 Å². The molecule has 3 nitrogen and oxygen atoms in total. The molecule has 18 heavy (non-hydrogen) atoms. The second-order valence-electron chi connectivity index (χ2n) is 7.22. The van der Waals surface area contributed by atoms with Gasteiger partial charge in [-0.1, -0.05) is 33.6 Å². The van der Waals surface area contributed by atoms with Gasteiger partial charge in [0, 0.05) is 31.6 Å². The van der Waals surface area contributed by atoms with Gasteiger partial charge in [-0.05, 0) is 24.7 Å². The molecule has 0 aromatic rings. The maximum absolute atomic E-state index is 11.9. The third kappa shape index (κ3) is 3.98. The van der Waals surface area contributed by atoms with Crippen LogP contribution in [0.25, 0.3) is 0 Å². The van der Waals surface area contributed by atoms with Crippen LogP contribution in [-0.2, 0) is 4.79 Å². The SMILES string of the molecule is CC(C)(C)CC(=O)NC1CCN(C2CCCC2)C1. The van der Waals surface area contributed by atoms with Crippen LogP contribution in [0.5, 0.6) is 0 Å². The fourth-order valence-electron chi connectivity index (χ4n) is 3.27. The Kier molecular flexibility index (Phi) is 4.31. The molecule has 1 heterocycles. The van der Waals surface area contributed by atoms with Gasteiger partial charge in [0.1, 0.15) is 0 Å². The highest BCUT2D eigenvalue weighted by Crippen LogP contribution is 2.26. The predicted octanol–water partition coefficient (Wildman–Crippen LogP) is 2.56. The topological polar surface area (TPSA) is 32.3 Å². The molecule has 1 N–H and O–H groups in total. The van der Waals surface area contributed by atoms with E-state index in [4.69, 9.17) is 0 Å². The van der Waals surface area contributed by atoms with E-state index in [0.717, 1.165) is 19.0 Å². The number of likely N-dealkylation sites (tertiary alicyclic amines) is 1. The van der Waals surface area contributed by atoms with Gasteiger partial charge >= 0.3 is 0 Å².